The smallest absolute Gasteiger partial charge is 0.464 e. The van der Waals surface area contributed by atoms with E-state index in [1.54, 1.807) is 0 Å². The molecule has 101 heavy (non-hydrogen) atoms. The Kier molecular flexibility index (Phi) is 29.6. The summed E-state index contributed by atoms with van der Waals surface area (Å²) in [4.78, 5) is 95.3. The number of methoxy groups -OCH3 is 1. The Bertz CT molecular complexity index is 3850. The van der Waals surface area contributed by atoms with E-state index in [2.05, 4.69) is 51.8 Å². The minimum atomic E-state index is -5.37. The molecule has 0 bridgehead atoms. The molecule has 0 spiro atoms. The van der Waals surface area contributed by atoms with Crippen LogP contribution in [0.1, 0.15) is 142 Å². The molecule has 3 saturated heterocycles. The zero-order valence-electron chi connectivity index (χ0n) is 56.3. The largest absolute Gasteiger partial charge is 0.472 e. The Morgan fingerprint density at radius 2 is 1.11 bits per heavy atom. The number of esters is 1. The van der Waals surface area contributed by atoms with Crippen LogP contribution in [0.25, 0.3) is 33.5 Å². The van der Waals surface area contributed by atoms with Gasteiger partial charge in [0.15, 0.2) is 53.1 Å². The molecule has 3 aliphatic heterocycles. The van der Waals surface area contributed by atoms with Crippen molar-refractivity contribution in [2.75, 3.05) is 82.9 Å². The zero-order chi connectivity index (χ0) is 72.5. The number of nitrogens with zero attached hydrogens (tertiary/aromatic N) is 12. The van der Waals surface area contributed by atoms with Gasteiger partial charge in [-0.05, 0) is 49.9 Å². The van der Waals surface area contributed by atoms with Gasteiger partial charge < -0.3 is 79.9 Å². The number of aliphatic hydroxyl groups excluding tert-OH is 2. The van der Waals surface area contributed by atoms with E-state index in [0.717, 1.165) is 31.9 Å². The molecule has 0 radical (unpaired) electrons. The van der Waals surface area contributed by atoms with Gasteiger partial charge in [-0.15, -0.1) is 0 Å². The van der Waals surface area contributed by atoms with E-state index >= 15 is 0 Å². The SMILES string of the molecule is CCCCCCCCCCCCCCCCC(C)(C)C(=O)OCCSP(=O)(O)OC1CO[C@@H](n2cnc3c(N)ncnc32)C1OCCCOP(O)(=S)OC1C(O)[C@@H](COP(=O)(O)OC2C(OC)[C@@H](COP(=O)(O)OCCO)O[C@H]2n2cnc3c(N)ncnc32)O[C@H]1n1cnc2c(N)ncnc21. The Hall–Kier alpha value is -4.51. The number of anilines is 3. The number of carbonyl (C=O) groups excluding carboxylic acids is 1. The van der Waals surface area contributed by atoms with Gasteiger partial charge in [-0.25, -0.2) is 58.6 Å². The third-order valence-electron chi connectivity index (χ3n) is 17.0. The number of nitrogen functional groups attached to an aromatic ring is 3. The highest BCUT2D eigenvalue weighted by atomic mass is 32.7. The maximum absolute atomic E-state index is 14.2. The summed E-state index contributed by atoms with van der Waals surface area (Å²) in [5.74, 6) is -0.455. The standard InChI is InChI=1S/C57H91N15O23P4S2/c1-5-6-7-8-9-10-11-12-13-14-15-16-17-18-20-57(2,3)56(75)85-25-26-101-98(80,81)93-38-27-86-53(70-33-67-39-47(58)61-30-64-50(39)70)44(38)84-22-19-23-88-99(82,100)95-45-42(74)36(91-54(45)71-34-68-40-48(59)62-31-65-51(40)71)28-90-97(78,79)94-46-43(83-4)37(29-89-96(76,77)87-24-21-73)92-55(46)72-35-69-41-49(60)63-32-66-52(41)72/h30-38,42-46,53-55,73-74H,5-29H2,1-4H3,(H,76,77)(H,78,79)(H,80,81)(H,82,100)(H2,58,61,64)(H2,59,62,65)(H2,60,63,66)/t36-,37-,38?,42?,43?,44?,45?,46?,53-,54-,55-,99?/m1/s1. The molecule has 0 saturated carbocycles. The maximum atomic E-state index is 14.2. The van der Waals surface area contributed by atoms with Crippen LogP contribution in [0.2, 0.25) is 0 Å². The number of carbonyl (C=O) groups is 1. The fourth-order valence-electron chi connectivity index (χ4n) is 11.8. The number of nitrogens with two attached hydrogens (primary N) is 3. The van der Waals surface area contributed by atoms with Gasteiger partial charge in [-0.1, -0.05) is 96.8 Å². The molecule has 10 unspecified atom stereocenters. The molecule has 15 atom stereocenters. The Labute approximate surface area is 590 Å². The van der Waals surface area contributed by atoms with Crippen LogP contribution >= 0.6 is 40.5 Å². The van der Waals surface area contributed by atoms with Crippen molar-refractivity contribution in [3.63, 3.8) is 0 Å². The van der Waals surface area contributed by atoms with E-state index in [-0.39, 0.29) is 89.5 Å². The van der Waals surface area contributed by atoms with Crippen LogP contribution in [0.3, 0.4) is 0 Å². The van der Waals surface area contributed by atoms with Crippen molar-refractivity contribution in [3.8, 4) is 0 Å². The minimum Gasteiger partial charge on any atom is -0.464 e. The van der Waals surface area contributed by atoms with Crippen molar-refractivity contribution < 1.29 is 108 Å². The summed E-state index contributed by atoms with van der Waals surface area (Å²) >= 11 is 6.06. The molecular formula is C57H91N15O23P4S2. The van der Waals surface area contributed by atoms with Gasteiger partial charge in [0.1, 0.15) is 91.0 Å². The number of phosphoric ester groups is 2. The lowest BCUT2D eigenvalue weighted by molar-refractivity contribution is -0.153. The van der Waals surface area contributed by atoms with Gasteiger partial charge >= 0.3 is 35.1 Å². The van der Waals surface area contributed by atoms with Crippen LogP contribution in [0.15, 0.2) is 38.0 Å². The first kappa shape index (κ1) is 80.6. The molecule has 0 aromatic carbocycles. The molecule has 9 heterocycles. The van der Waals surface area contributed by atoms with Gasteiger partial charge in [-0.3, -0.25) is 45.6 Å². The number of hydrogen-bond acceptors (Lipinski definition) is 33. The highest BCUT2D eigenvalue weighted by Gasteiger charge is 2.54. The Morgan fingerprint density at radius 3 is 1.65 bits per heavy atom. The normalized spacial score (nSPS) is 25.1. The van der Waals surface area contributed by atoms with E-state index in [0.29, 0.717) is 17.8 Å². The topological polar surface area (TPSA) is 519 Å². The van der Waals surface area contributed by atoms with Gasteiger partial charge in [-0.2, -0.15) is 0 Å². The molecule has 0 aliphatic carbocycles. The summed E-state index contributed by atoms with van der Waals surface area (Å²) in [6.07, 6.45) is 9.33. The summed E-state index contributed by atoms with van der Waals surface area (Å²) < 4.78 is 119. The number of ether oxygens (including phenoxy) is 6. The summed E-state index contributed by atoms with van der Waals surface area (Å²) in [6, 6.07) is 0. The first-order valence-electron chi connectivity index (χ1n) is 33.2. The first-order valence-corrected chi connectivity index (χ1v) is 41.9. The third kappa shape index (κ3) is 21.8. The number of aliphatic hydroxyl groups is 2. The number of phosphoric acid groups is 2. The fourth-order valence-corrected chi connectivity index (χ4v) is 17.3. The third-order valence-corrected chi connectivity index (χ3v) is 23.6. The second kappa shape index (κ2) is 37.2. The average Bonchev–Trinajstić information content (AvgIpc) is 1.64. The van der Waals surface area contributed by atoms with Crippen molar-refractivity contribution in [2.45, 2.75) is 191 Å². The van der Waals surface area contributed by atoms with E-state index < -0.39 is 134 Å². The number of hydrogen-bond donors (Lipinski definition) is 9. The number of imidazole rings is 3. The molecule has 6 aromatic rings. The van der Waals surface area contributed by atoms with Crippen LogP contribution < -0.4 is 17.2 Å². The van der Waals surface area contributed by atoms with Crippen LogP contribution in [0.5, 0.6) is 0 Å². The van der Waals surface area contributed by atoms with E-state index in [9.17, 15) is 43.2 Å². The van der Waals surface area contributed by atoms with Gasteiger partial charge in [0, 0.05) is 19.5 Å². The second-order valence-corrected chi connectivity index (χ2v) is 34.4. The van der Waals surface area contributed by atoms with E-state index in [1.807, 2.05) is 13.8 Å². The van der Waals surface area contributed by atoms with Crippen LogP contribution in [-0.2, 0) is 90.4 Å². The average molecular weight is 1540 g/mol. The van der Waals surface area contributed by atoms with Gasteiger partial charge in [0.25, 0.3) is 0 Å². The van der Waals surface area contributed by atoms with Crippen LogP contribution in [0.4, 0.5) is 17.5 Å². The lowest BCUT2D eigenvalue weighted by Crippen LogP contribution is -2.38. The highest BCUT2D eigenvalue weighted by molar-refractivity contribution is 8.54. The number of unbranched alkanes of at least 4 members (excludes halogenated alkanes) is 13. The zero-order valence-corrected chi connectivity index (χ0v) is 61.5. The molecule has 12 N–H and O–H groups in total. The van der Waals surface area contributed by atoms with Gasteiger partial charge in [0.05, 0.1) is 64.0 Å². The highest BCUT2D eigenvalue weighted by Crippen LogP contribution is 2.58. The van der Waals surface area contributed by atoms with Crippen LogP contribution in [-0.4, -0.2) is 209 Å². The summed E-state index contributed by atoms with van der Waals surface area (Å²) in [6.45, 7) is -6.75. The number of aromatic nitrogens is 12. The Morgan fingerprint density at radius 1 is 0.604 bits per heavy atom. The van der Waals surface area contributed by atoms with Crippen molar-refractivity contribution >= 4 is 109 Å². The molecule has 38 nitrogen and oxygen atoms in total. The summed E-state index contributed by atoms with van der Waals surface area (Å²) in [5.41, 5.74) is 18.3. The van der Waals surface area contributed by atoms with Crippen molar-refractivity contribution in [1.82, 2.24) is 58.6 Å². The van der Waals surface area contributed by atoms with Crippen molar-refractivity contribution in [1.29, 1.82) is 0 Å². The minimum absolute atomic E-state index is 0.0207. The summed E-state index contributed by atoms with van der Waals surface area (Å²) in [5, 5.41) is 21.1. The van der Waals surface area contributed by atoms with Gasteiger partial charge in [0.2, 0.25) is 0 Å². The molecule has 3 aliphatic rings. The molecule has 44 heteroatoms. The molecule has 6 aromatic heterocycles. The van der Waals surface area contributed by atoms with Crippen molar-refractivity contribution in [2.24, 2.45) is 5.41 Å². The molecular weight excluding hydrogens is 1450 g/mol. The fraction of sp³-hybridized carbons (Fsp3) is 0.719. The summed E-state index contributed by atoms with van der Waals surface area (Å²) in [7, 11) is -8.96. The molecule has 3 fully saturated rings. The molecule has 0 amide bonds. The van der Waals surface area contributed by atoms with Crippen LogP contribution in [0, 0.1) is 5.41 Å². The predicted octanol–water partition coefficient (Wildman–Crippen LogP) is 6.63. The number of rotatable bonds is 45. The van der Waals surface area contributed by atoms with E-state index in [1.165, 1.54) is 117 Å². The predicted molar refractivity (Wildman–Crippen MR) is 367 cm³/mol. The lowest BCUT2D eigenvalue weighted by atomic mass is 9.87. The molecule has 9 rings (SSSR count). The monoisotopic (exact) mass is 1540 g/mol. The quantitative estimate of drug-likeness (QED) is 0.0110. The Balaban J connectivity index is 0.797. The van der Waals surface area contributed by atoms with E-state index in [4.69, 9.17) is 94.2 Å². The first-order chi connectivity index (χ1) is 48.3. The number of fused-ring (bicyclic) bond motifs is 3. The van der Waals surface area contributed by atoms with Crippen molar-refractivity contribution in [3.05, 3.63) is 38.0 Å². The second-order valence-electron chi connectivity index (χ2n) is 24.8. The molecule has 564 valence electrons. The lowest BCUT2D eigenvalue weighted by Gasteiger charge is -2.27. The maximum Gasteiger partial charge on any atom is 0.472 e.